The minimum atomic E-state index is -0.314. The van der Waals surface area contributed by atoms with Crippen LogP contribution >= 0.6 is 15.9 Å². The predicted octanol–water partition coefficient (Wildman–Crippen LogP) is 4.85. The van der Waals surface area contributed by atoms with Crippen molar-refractivity contribution in [2.75, 3.05) is 11.9 Å². The number of hydrogen-bond donors (Lipinski definition) is 2. The molecular formula is C24H22BrN3O3. The van der Waals surface area contributed by atoms with E-state index >= 15 is 0 Å². The van der Waals surface area contributed by atoms with Crippen molar-refractivity contribution in [1.29, 1.82) is 0 Å². The number of hydrazone groups is 1. The summed E-state index contributed by atoms with van der Waals surface area (Å²) in [5.74, 6) is -0.121. The highest BCUT2D eigenvalue weighted by Crippen LogP contribution is 2.22. The molecule has 158 valence electrons. The van der Waals surface area contributed by atoms with E-state index in [2.05, 4.69) is 31.8 Å². The average Bonchev–Trinajstić information content (AvgIpc) is 2.75. The summed E-state index contributed by atoms with van der Waals surface area (Å²) in [6.07, 6.45) is 1.48. The lowest BCUT2D eigenvalue weighted by Gasteiger charge is -2.10. The Bertz CT molecular complexity index is 1090. The standard InChI is InChI=1S/C24H22BrN3O3/c1-16-3-7-18(8-4-16)24(30)28-26-14-19-13-20(25)9-12-22(19)31-15-23(29)27-21-10-5-17(2)6-11-21/h3-14H,15H2,1-2H3,(H,27,29)(H,28,30)/b26-14+. The molecule has 2 amide bonds. The SMILES string of the molecule is Cc1ccc(NC(=O)COc2ccc(Br)cc2/C=N/NC(=O)c2ccc(C)cc2)cc1. The number of carbonyl (C=O) groups is 2. The van der Waals surface area contributed by atoms with Gasteiger partial charge in [-0.05, 0) is 56.3 Å². The number of amides is 2. The number of carbonyl (C=O) groups excluding carboxylic acids is 2. The van der Waals surface area contributed by atoms with Crippen molar-refractivity contribution in [3.05, 3.63) is 93.5 Å². The van der Waals surface area contributed by atoms with E-state index in [1.807, 2.05) is 50.2 Å². The first-order valence-corrected chi connectivity index (χ1v) is 10.4. The molecule has 0 heterocycles. The monoisotopic (exact) mass is 479 g/mol. The second kappa shape index (κ2) is 10.5. The molecule has 0 spiro atoms. The van der Waals surface area contributed by atoms with Gasteiger partial charge >= 0.3 is 0 Å². The Morgan fingerprint density at radius 1 is 0.968 bits per heavy atom. The second-order valence-corrected chi connectivity index (χ2v) is 7.87. The van der Waals surface area contributed by atoms with Crippen molar-refractivity contribution in [2.45, 2.75) is 13.8 Å². The van der Waals surface area contributed by atoms with Crippen LogP contribution in [0.1, 0.15) is 27.0 Å². The number of ether oxygens (including phenoxy) is 1. The maximum Gasteiger partial charge on any atom is 0.271 e. The minimum Gasteiger partial charge on any atom is -0.483 e. The van der Waals surface area contributed by atoms with Gasteiger partial charge in [-0.2, -0.15) is 5.10 Å². The molecule has 0 saturated carbocycles. The maximum atomic E-state index is 12.2. The summed E-state index contributed by atoms with van der Waals surface area (Å²) < 4.78 is 6.48. The Balaban J connectivity index is 1.61. The van der Waals surface area contributed by atoms with Crippen LogP contribution in [0, 0.1) is 13.8 Å². The molecule has 0 bridgehead atoms. The van der Waals surface area contributed by atoms with E-state index in [4.69, 9.17) is 4.74 Å². The molecule has 0 unspecified atom stereocenters. The normalized spacial score (nSPS) is 10.7. The topological polar surface area (TPSA) is 79.8 Å². The quantitative estimate of drug-likeness (QED) is 0.375. The number of hydrogen-bond acceptors (Lipinski definition) is 4. The van der Waals surface area contributed by atoms with Crippen LogP contribution in [0.4, 0.5) is 5.69 Å². The number of nitrogens with zero attached hydrogens (tertiary/aromatic N) is 1. The fraction of sp³-hybridized carbons (Fsp3) is 0.125. The lowest BCUT2D eigenvalue weighted by Crippen LogP contribution is -2.20. The van der Waals surface area contributed by atoms with Crippen LogP contribution in [0.25, 0.3) is 0 Å². The van der Waals surface area contributed by atoms with Crippen LogP contribution < -0.4 is 15.5 Å². The second-order valence-electron chi connectivity index (χ2n) is 6.95. The van der Waals surface area contributed by atoms with Gasteiger partial charge in [0.15, 0.2) is 6.61 Å². The molecule has 0 radical (unpaired) electrons. The van der Waals surface area contributed by atoms with Crippen molar-refractivity contribution >= 4 is 39.6 Å². The summed E-state index contributed by atoms with van der Waals surface area (Å²) in [5, 5.41) is 6.81. The van der Waals surface area contributed by atoms with E-state index in [9.17, 15) is 9.59 Å². The lowest BCUT2D eigenvalue weighted by molar-refractivity contribution is -0.118. The molecule has 0 fully saturated rings. The molecule has 0 aromatic heterocycles. The Labute approximate surface area is 189 Å². The molecule has 0 aliphatic carbocycles. The minimum absolute atomic E-state index is 0.161. The van der Waals surface area contributed by atoms with Crippen LogP contribution in [-0.2, 0) is 4.79 Å². The van der Waals surface area contributed by atoms with E-state index in [1.165, 1.54) is 6.21 Å². The first kappa shape index (κ1) is 22.2. The molecule has 3 rings (SSSR count). The van der Waals surface area contributed by atoms with Gasteiger partial charge in [0.2, 0.25) is 0 Å². The van der Waals surface area contributed by atoms with Crippen LogP contribution in [0.15, 0.2) is 76.3 Å². The molecule has 3 aromatic carbocycles. The van der Waals surface area contributed by atoms with Crippen LogP contribution in [0.3, 0.4) is 0 Å². The van der Waals surface area contributed by atoms with Crippen LogP contribution in [0.2, 0.25) is 0 Å². The summed E-state index contributed by atoms with van der Waals surface area (Å²) in [4.78, 5) is 24.4. The van der Waals surface area contributed by atoms with E-state index in [1.54, 1.807) is 30.3 Å². The molecule has 3 aromatic rings. The summed E-state index contributed by atoms with van der Waals surface area (Å²) in [6, 6.07) is 20.0. The largest absolute Gasteiger partial charge is 0.483 e. The van der Waals surface area contributed by atoms with Crippen molar-refractivity contribution in [1.82, 2.24) is 5.43 Å². The molecule has 0 aliphatic rings. The van der Waals surface area contributed by atoms with Crippen molar-refractivity contribution in [2.24, 2.45) is 5.10 Å². The average molecular weight is 480 g/mol. The van der Waals surface area contributed by atoms with Crippen molar-refractivity contribution < 1.29 is 14.3 Å². The van der Waals surface area contributed by atoms with Crippen LogP contribution in [0.5, 0.6) is 5.75 Å². The van der Waals surface area contributed by atoms with Crippen molar-refractivity contribution in [3.63, 3.8) is 0 Å². The molecule has 0 aliphatic heterocycles. The predicted molar refractivity (Wildman–Crippen MR) is 126 cm³/mol. The highest BCUT2D eigenvalue weighted by molar-refractivity contribution is 9.10. The van der Waals surface area contributed by atoms with Crippen LogP contribution in [-0.4, -0.2) is 24.6 Å². The van der Waals surface area contributed by atoms with Gasteiger partial charge in [-0.3, -0.25) is 9.59 Å². The van der Waals surface area contributed by atoms with Gasteiger partial charge in [0.25, 0.3) is 11.8 Å². The summed E-state index contributed by atoms with van der Waals surface area (Å²) >= 11 is 3.41. The van der Waals surface area contributed by atoms with Gasteiger partial charge in [-0.1, -0.05) is 51.3 Å². The number of benzene rings is 3. The zero-order valence-corrected chi connectivity index (χ0v) is 18.8. The first-order valence-electron chi connectivity index (χ1n) is 9.59. The summed E-state index contributed by atoms with van der Waals surface area (Å²) in [7, 11) is 0. The molecule has 6 nitrogen and oxygen atoms in total. The van der Waals surface area contributed by atoms with Crippen molar-refractivity contribution in [3.8, 4) is 5.75 Å². The molecule has 2 N–H and O–H groups in total. The number of rotatable bonds is 7. The third kappa shape index (κ3) is 6.79. The Kier molecular flexibility index (Phi) is 7.56. The zero-order valence-electron chi connectivity index (χ0n) is 17.2. The zero-order chi connectivity index (χ0) is 22.2. The van der Waals surface area contributed by atoms with Gasteiger partial charge in [0.05, 0.1) is 6.21 Å². The fourth-order valence-electron chi connectivity index (χ4n) is 2.66. The molecule has 7 heteroatoms. The summed E-state index contributed by atoms with van der Waals surface area (Å²) in [6.45, 7) is 3.77. The van der Waals surface area contributed by atoms with E-state index in [0.717, 1.165) is 15.6 Å². The lowest BCUT2D eigenvalue weighted by atomic mass is 10.1. The Morgan fingerprint density at radius 2 is 1.61 bits per heavy atom. The fourth-order valence-corrected chi connectivity index (χ4v) is 3.04. The third-order valence-electron chi connectivity index (χ3n) is 4.35. The van der Waals surface area contributed by atoms with Gasteiger partial charge in [0.1, 0.15) is 5.75 Å². The molecule has 31 heavy (non-hydrogen) atoms. The Morgan fingerprint density at radius 3 is 2.29 bits per heavy atom. The molecule has 0 saturated heterocycles. The summed E-state index contributed by atoms with van der Waals surface area (Å²) in [5.41, 5.74) is 6.51. The molecule has 0 atom stereocenters. The third-order valence-corrected chi connectivity index (χ3v) is 4.84. The highest BCUT2D eigenvalue weighted by atomic mass is 79.9. The van der Waals surface area contributed by atoms with Gasteiger partial charge in [0, 0.05) is 21.3 Å². The van der Waals surface area contributed by atoms with E-state index in [0.29, 0.717) is 22.6 Å². The van der Waals surface area contributed by atoms with Gasteiger partial charge in [-0.25, -0.2) is 5.43 Å². The number of aryl methyl sites for hydroxylation is 2. The van der Waals surface area contributed by atoms with E-state index in [-0.39, 0.29) is 18.4 Å². The van der Waals surface area contributed by atoms with E-state index < -0.39 is 0 Å². The maximum absolute atomic E-state index is 12.2. The number of nitrogens with one attached hydrogen (secondary N) is 2. The number of halogens is 1. The number of anilines is 1. The smallest absolute Gasteiger partial charge is 0.271 e. The Hall–Kier alpha value is -3.45. The first-order chi connectivity index (χ1) is 14.9. The van der Waals surface area contributed by atoms with Gasteiger partial charge in [-0.15, -0.1) is 0 Å². The highest BCUT2D eigenvalue weighted by Gasteiger charge is 2.08. The van der Waals surface area contributed by atoms with Gasteiger partial charge < -0.3 is 10.1 Å². The molecular weight excluding hydrogens is 458 g/mol.